The maximum atomic E-state index is 14.3. The Morgan fingerprint density at radius 1 is 0.956 bits per heavy atom. The first kappa shape index (κ1) is 36.1. The van der Waals surface area contributed by atoms with Gasteiger partial charge in [-0.1, -0.05) is 57.9 Å². The molecule has 0 aliphatic heterocycles. The quantitative estimate of drug-likeness (QED) is 0.165. The number of rotatable bonds is 18. The Morgan fingerprint density at radius 2 is 1.60 bits per heavy atom. The van der Waals surface area contributed by atoms with Crippen molar-refractivity contribution in [1.82, 2.24) is 15.2 Å². The van der Waals surface area contributed by atoms with E-state index in [1.165, 1.54) is 29.4 Å². The summed E-state index contributed by atoms with van der Waals surface area (Å²) in [6.07, 6.45) is 6.69. The molecule has 0 aliphatic rings. The van der Waals surface area contributed by atoms with Crippen molar-refractivity contribution in [2.75, 3.05) is 12.3 Å². The second-order valence-corrected chi connectivity index (χ2v) is 12.7. The standard InChI is InChI=1S/C35H46F2N4O3S/c1-4-8-30(9-5-2)45-23-32(40-34(43)27-12-14-39-15-13-27)35(44)41(21-25-11-7-10-24(6-3)16-25)22-33(42)31(38)19-26-17-28(36)20-29(37)18-26/h7,10-18,20,30-33,42H,4-6,8-9,19,21-23,38H2,1-3H3,(H,40,43)/t31-,32+,33+/m0/s1. The van der Waals surface area contributed by atoms with Gasteiger partial charge < -0.3 is 21.1 Å². The maximum Gasteiger partial charge on any atom is 0.252 e. The first-order valence-corrected chi connectivity index (χ1v) is 16.8. The number of aliphatic hydroxyl groups is 1. The molecule has 244 valence electrons. The highest BCUT2D eigenvalue weighted by molar-refractivity contribution is 7.99. The molecule has 3 aromatic rings. The lowest BCUT2D eigenvalue weighted by atomic mass is 10.0. The number of thioether (sulfide) groups is 1. The second-order valence-electron chi connectivity index (χ2n) is 11.4. The largest absolute Gasteiger partial charge is 0.390 e. The van der Waals surface area contributed by atoms with Gasteiger partial charge in [0.05, 0.1) is 6.10 Å². The number of nitrogens with two attached hydrogens (primary N) is 1. The molecule has 0 aliphatic carbocycles. The summed E-state index contributed by atoms with van der Waals surface area (Å²) in [5.74, 6) is -1.84. The van der Waals surface area contributed by atoms with E-state index in [9.17, 15) is 23.5 Å². The number of carbonyl (C=O) groups is 2. The average molecular weight is 641 g/mol. The van der Waals surface area contributed by atoms with Crippen molar-refractivity contribution in [1.29, 1.82) is 0 Å². The molecule has 0 saturated carbocycles. The third-order valence-electron chi connectivity index (χ3n) is 7.65. The van der Waals surface area contributed by atoms with Crippen LogP contribution in [0.1, 0.15) is 73.5 Å². The fourth-order valence-corrected chi connectivity index (χ4v) is 6.72. The summed E-state index contributed by atoms with van der Waals surface area (Å²) in [6.45, 7) is 6.36. The van der Waals surface area contributed by atoms with Crippen LogP contribution >= 0.6 is 11.8 Å². The number of nitrogens with one attached hydrogen (secondary N) is 1. The summed E-state index contributed by atoms with van der Waals surface area (Å²) in [5, 5.41) is 14.5. The van der Waals surface area contributed by atoms with Crippen molar-refractivity contribution in [3.05, 3.63) is 101 Å². The monoisotopic (exact) mass is 640 g/mol. The van der Waals surface area contributed by atoms with Gasteiger partial charge in [0.1, 0.15) is 17.7 Å². The Balaban J connectivity index is 1.89. The van der Waals surface area contributed by atoms with Crippen LogP contribution in [0.4, 0.5) is 8.78 Å². The molecule has 45 heavy (non-hydrogen) atoms. The number of aliphatic hydroxyl groups excluding tert-OH is 1. The number of hydrogen-bond acceptors (Lipinski definition) is 6. The Labute approximate surface area is 270 Å². The van der Waals surface area contributed by atoms with Crippen molar-refractivity contribution in [2.45, 2.75) is 89.3 Å². The van der Waals surface area contributed by atoms with Crippen LogP contribution in [-0.4, -0.2) is 62.5 Å². The molecule has 0 spiro atoms. The zero-order chi connectivity index (χ0) is 32.8. The molecule has 10 heteroatoms. The lowest BCUT2D eigenvalue weighted by molar-refractivity contribution is -0.135. The first-order valence-electron chi connectivity index (χ1n) is 15.7. The number of hydrogen-bond donors (Lipinski definition) is 3. The molecule has 3 rings (SSSR count). The zero-order valence-electron chi connectivity index (χ0n) is 26.4. The van der Waals surface area contributed by atoms with Gasteiger partial charge in [-0.25, -0.2) is 8.78 Å². The number of amides is 2. The molecule has 0 unspecified atom stereocenters. The first-order chi connectivity index (χ1) is 21.6. The second kappa shape index (κ2) is 18.6. The van der Waals surface area contributed by atoms with Crippen molar-refractivity contribution < 1.29 is 23.5 Å². The van der Waals surface area contributed by atoms with E-state index < -0.39 is 35.7 Å². The van der Waals surface area contributed by atoms with Crippen LogP contribution in [0.5, 0.6) is 0 Å². The highest BCUT2D eigenvalue weighted by Gasteiger charge is 2.30. The molecule has 0 saturated heterocycles. The smallest absolute Gasteiger partial charge is 0.252 e. The highest BCUT2D eigenvalue weighted by atomic mass is 32.2. The minimum Gasteiger partial charge on any atom is -0.390 e. The number of pyridine rings is 1. The van der Waals surface area contributed by atoms with E-state index in [0.29, 0.717) is 22.1 Å². The van der Waals surface area contributed by atoms with Gasteiger partial charge in [0.2, 0.25) is 5.91 Å². The summed E-state index contributed by atoms with van der Waals surface area (Å²) in [6, 6.07) is 12.4. The van der Waals surface area contributed by atoms with Crippen LogP contribution in [0.3, 0.4) is 0 Å². The van der Waals surface area contributed by atoms with Crippen molar-refractivity contribution in [2.24, 2.45) is 5.73 Å². The van der Waals surface area contributed by atoms with Gasteiger partial charge in [-0.2, -0.15) is 11.8 Å². The van der Waals surface area contributed by atoms with E-state index >= 15 is 0 Å². The Morgan fingerprint density at radius 3 is 2.22 bits per heavy atom. The number of aromatic nitrogens is 1. The van der Waals surface area contributed by atoms with E-state index in [1.54, 1.807) is 23.9 Å². The molecule has 0 bridgehead atoms. The van der Waals surface area contributed by atoms with E-state index in [2.05, 4.69) is 24.1 Å². The van der Waals surface area contributed by atoms with Crippen molar-refractivity contribution >= 4 is 23.6 Å². The van der Waals surface area contributed by atoms with Gasteiger partial charge in [0, 0.05) is 54.2 Å². The molecule has 1 aromatic heterocycles. The van der Waals surface area contributed by atoms with Gasteiger partial charge in [-0.15, -0.1) is 0 Å². The zero-order valence-corrected chi connectivity index (χ0v) is 27.2. The Bertz CT molecular complexity index is 1340. The van der Waals surface area contributed by atoms with Crippen molar-refractivity contribution in [3.63, 3.8) is 0 Å². The van der Waals surface area contributed by atoms with Crippen LogP contribution in [0, 0.1) is 11.6 Å². The SMILES string of the molecule is CCCC(CCC)SC[C@@H](NC(=O)c1ccncc1)C(=O)N(Cc1cccc(CC)c1)C[C@@H](O)[C@@H](N)Cc1cc(F)cc(F)c1. The minimum atomic E-state index is -1.20. The summed E-state index contributed by atoms with van der Waals surface area (Å²) in [7, 11) is 0. The van der Waals surface area contributed by atoms with Crippen LogP contribution in [0.25, 0.3) is 0 Å². The number of halogens is 2. The summed E-state index contributed by atoms with van der Waals surface area (Å²) >= 11 is 1.67. The minimum absolute atomic E-state index is 0.0109. The molecule has 0 radical (unpaired) electrons. The predicted molar refractivity (Wildman–Crippen MR) is 177 cm³/mol. The van der Waals surface area contributed by atoms with Gasteiger partial charge in [-0.3, -0.25) is 14.6 Å². The molecule has 4 N–H and O–H groups in total. The van der Waals surface area contributed by atoms with E-state index in [4.69, 9.17) is 5.73 Å². The third-order valence-corrected chi connectivity index (χ3v) is 9.11. The molecule has 7 nitrogen and oxygen atoms in total. The van der Waals surface area contributed by atoms with E-state index in [1.807, 2.05) is 31.2 Å². The molecular formula is C35H46F2N4O3S. The number of nitrogens with zero attached hydrogens (tertiary/aromatic N) is 2. The molecule has 2 aromatic carbocycles. The third kappa shape index (κ3) is 11.8. The number of aryl methyl sites for hydroxylation is 1. The molecule has 1 heterocycles. The van der Waals surface area contributed by atoms with Gasteiger partial charge in [-0.05, 0) is 66.6 Å². The lowest BCUT2D eigenvalue weighted by Gasteiger charge is -2.32. The molecular weight excluding hydrogens is 594 g/mol. The normalized spacial score (nSPS) is 13.3. The van der Waals surface area contributed by atoms with Gasteiger partial charge >= 0.3 is 0 Å². The maximum absolute atomic E-state index is 14.3. The lowest BCUT2D eigenvalue weighted by Crippen LogP contribution is -2.53. The van der Waals surface area contributed by atoms with Crippen molar-refractivity contribution in [3.8, 4) is 0 Å². The Kier molecular flexibility index (Phi) is 14.9. The van der Waals surface area contributed by atoms with Crippen LogP contribution in [0.2, 0.25) is 0 Å². The summed E-state index contributed by atoms with van der Waals surface area (Å²) < 4.78 is 27.6. The number of benzene rings is 2. The summed E-state index contributed by atoms with van der Waals surface area (Å²) in [4.78, 5) is 33.1. The average Bonchev–Trinajstić information content (AvgIpc) is 3.02. The fourth-order valence-electron chi connectivity index (χ4n) is 5.23. The van der Waals surface area contributed by atoms with Gasteiger partial charge in [0.25, 0.3) is 5.91 Å². The van der Waals surface area contributed by atoms with Crippen LogP contribution < -0.4 is 11.1 Å². The van der Waals surface area contributed by atoms with E-state index in [-0.39, 0.29) is 25.4 Å². The van der Waals surface area contributed by atoms with Crippen LogP contribution in [-0.2, 0) is 24.2 Å². The van der Waals surface area contributed by atoms with E-state index in [0.717, 1.165) is 49.3 Å². The van der Waals surface area contributed by atoms with Crippen LogP contribution in [0.15, 0.2) is 67.0 Å². The summed E-state index contributed by atoms with van der Waals surface area (Å²) in [5.41, 5.74) is 8.99. The molecule has 0 fully saturated rings. The molecule has 3 atom stereocenters. The number of carbonyl (C=O) groups excluding carboxylic acids is 2. The fraction of sp³-hybridized carbons (Fsp3) is 0.457. The van der Waals surface area contributed by atoms with Gasteiger partial charge in [0.15, 0.2) is 0 Å². The highest BCUT2D eigenvalue weighted by Crippen LogP contribution is 2.23. The molecule has 2 amide bonds. The Hall–Kier alpha value is -3.34. The topological polar surface area (TPSA) is 109 Å². The predicted octanol–water partition coefficient (Wildman–Crippen LogP) is 5.68.